The predicted molar refractivity (Wildman–Crippen MR) is 80.5 cm³/mol. The van der Waals surface area contributed by atoms with Crippen LogP contribution in [0.2, 0.25) is 10.0 Å². The zero-order valence-electron chi connectivity index (χ0n) is 10.4. The molecular formula is C15H13Cl2NO. The molecule has 0 heterocycles. The van der Waals surface area contributed by atoms with Crippen LogP contribution in [0.5, 0.6) is 0 Å². The first-order valence-corrected chi connectivity index (χ1v) is 6.62. The molecule has 19 heavy (non-hydrogen) atoms. The zero-order chi connectivity index (χ0) is 13.8. The van der Waals surface area contributed by atoms with E-state index >= 15 is 0 Å². The monoisotopic (exact) mass is 293 g/mol. The van der Waals surface area contributed by atoms with Gasteiger partial charge in [0, 0.05) is 34.8 Å². The molecule has 2 nitrogen and oxygen atoms in total. The topological polar surface area (TPSA) is 29.1 Å². The van der Waals surface area contributed by atoms with Crippen molar-refractivity contribution in [1.29, 1.82) is 0 Å². The highest BCUT2D eigenvalue weighted by atomic mass is 35.5. The number of para-hydroxylation sites is 1. The third-order valence-corrected chi connectivity index (χ3v) is 3.60. The molecule has 0 aliphatic rings. The van der Waals surface area contributed by atoms with Crippen LogP contribution in [-0.4, -0.2) is 12.8 Å². The molecule has 98 valence electrons. The number of halogens is 2. The highest BCUT2D eigenvalue weighted by molar-refractivity contribution is 6.36. The van der Waals surface area contributed by atoms with Crippen LogP contribution in [0.25, 0.3) is 0 Å². The number of nitrogens with one attached hydrogen (secondary N) is 1. The van der Waals surface area contributed by atoms with Gasteiger partial charge < -0.3 is 5.32 Å². The Labute approximate surface area is 122 Å². The standard InChI is InChI=1S/C15H13Cl2NO/c1-18-14-8-3-2-5-10(14)15(19)9-11-12(16)6-4-7-13(11)17/h2-8,18H,9H2,1H3. The van der Waals surface area contributed by atoms with Crippen LogP contribution in [0.15, 0.2) is 42.5 Å². The van der Waals surface area contributed by atoms with Gasteiger partial charge in [0.15, 0.2) is 5.78 Å². The second kappa shape index (κ2) is 6.09. The van der Waals surface area contributed by atoms with E-state index in [0.717, 1.165) is 5.69 Å². The Morgan fingerprint density at radius 3 is 2.32 bits per heavy atom. The molecule has 0 fully saturated rings. The summed E-state index contributed by atoms with van der Waals surface area (Å²) in [6, 6.07) is 12.6. The molecule has 0 amide bonds. The maximum Gasteiger partial charge on any atom is 0.169 e. The van der Waals surface area contributed by atoms with Gasteiger partial charge in [0.1, 0.15) is 0 Å². The van der Waals surface area contributed by atoms with Crippen molar-refractivity contribution in [2.45, 2.75) is 6.42 Å². The van der Waals surface area contributed by atoms with Gasteiger partial charge in [-0.15, -0.1) is 0 Å². The number of hydrogen-bond donors (Lipinski definition) is 1. The lowest BCUT2D eigenvalue weighted by Gasteiger charge is -2.09. The van der Waals surface area contributed by atoms with Gasteiger partial charge >= 0.3 is 0 Å². The first-order chi connectivity index (χ1) is 9.13. The molecule has 2 aromatic rings. The Morgan fingerprint density at radius 1 is 1.05 bits per heavy atom. The lowest BCUT2D eigenvalue weighted by Crippen LogP contribution is -2.07. The number of ketones is 1. The molecule has 0 aliphatic carbocycles. The molecule has 1 N–H and O–H groups in total. The molecule has 0 aliphatic heterocycles. The van der Waals surface area contributed by atoms with E-state index in [4.69, 9.17) is 23.2 Å². The quantitative estimate of drug-likeness (QED) is 0.843. The Balaban J connectivity index is 2.31. The Morgan fingerprint density at radius 2 is 1.68 bits per heavy atom. The van der Waals surface area contributed by atoms with E-state index < -0.39 is 0 Å². The van der Waals surface area contributed by atoms with Crippen molar-refractivity contribution in [3.8, 4) is 0 Å². The van der Waals surface area contributed by atoms with Gasteiger partial charge in [0.25, 0.3) is 0 Å². The summed E-state index contributed by atoms with van der Waals surface area (Å²) in [4.78, 5) is 12.3. The third kappa shape index (κ3) is 3.09. The van der Waals surface area contributed by atoms with Gasteiger partial charge in [-0.1, -0.05) is 41.4 Å². The van der Waals surface area contributed by atoms with Gasteiger partial charge in [-0.3, -0.25) is 4.79 Å². The molecule has 0 radical (unpaired) electrons. The molecule has 0 spiro atoms. The molecule has 0 unspecified atom stereocenters. The number of Topliss-reactive ketones (excluding diaryl/α,β-unsaturated/α-hetero) is 1. The largest absolute Gasteiger partial charge is 0.388 e. The van der Waals surface area contributed by atoms with Crippen LogP contribution < -0.4 is 5.32 Å². The van der Waals surface area contributed by atoms with Crippen molar-refractivity contribution in [3.05, 3.63) is 63.6 Å². The molecule has 4 heteroatoms. The Hall–Kier alpha value is -1.51. The van der Waals surface area contributed by atoms with Crippen molar-refractivity contribution < 1.29 is 4.79 Å². The highest BCUT2D eigenvalue weighted by Gasteiger charge is 2.14. The van der Waals surface area contributed by atoms with Crippen molar-refractivity contribution in [3.63, 3.8) is 0 Å². The van der Waals surface area contributed by atoms with Crippen LogP contribution >= 0.6 is 23.2 Å². The Bertz CT molecular complexity index is 591. The van der Waals surface area contributed by atoms with Crippen molar-refractivity contribution in [2.75, 3.05) is 12.4 Å². The fourth-order valence-corrected chi connectivity index (χ4v) is 2.43. The van der Waals surface area contributed by atoms with E-state index in [1.807, 2.05) is 18.2 Å². The van der Waals surface area contributed by atoms with Crippen molar-refractivity contribution >= 4 is 34.7 Å². The second-order valence-corrected chi connectivity index (χ2v) is 4.91. The molecular weight excluding hydrogens is 281 g/mol. The number of carbonyl (C=O) groups is 1. The number of anilines is 1. The number of rotatable bonds is 4. The minimum absolute atomic E-state index is 0.0139. The van der Waals surface area contributed by atoms with E-state index in [1.165, 1.54) is 0 Å². The number of hydrogen-bond acceptors (Lipinski definition) is 2. The van der Waals surface area contributed by atoms with Gasteiger partial charge in [-0.25, -0.2) is 0 Å². The maximum atomic E-state index is 12.3. The fraction of sp³-hybridized carbons (Fsp3) is 0.133. The number of carbonyl (C=O) groups excluding carboxylic acids is 1. The summed E-state index contributed by atoms with van der Waals surface area (Å²) in [6.07, 6.45) is 0.192. The van der Waals surface area contributed by atoms with E-state index in [2.05, 4.69) is 5.32 Å². The zero-order valence-corrected chi connectivity index (χ0v) is 11.9. The van der Waals surface area contributed by atoms with Crippen LogP contribution in [0.3, 0.4) is 0 Å². The minimum atomic E-state index is -0.0139. The third-order valence-electron chi connectivity index (χ3n) is 2.90. The van der Waals surface area contributed by atoms with E-state index in [-0.39, 0.29) is 12.2 Å². The van der Waals surface area contributed by atoms with Gasteiger partial charge in [-0.2, -0.15) is 0 Å². The maximum absolute atomic E-state index is 12.3. The SMILES string of the molecule is CNc1ccccc1C(=O)Cc1c(Cl)cccc1Cl. The smallest absolute Gasteiger partial charge is 0.169 e. The molecule has 0 saturated carbocycles. The summed E-state index contributed by atoms with van der Waals surface area (Å²) in [5.41, 5.74) is 2.11. The summed E-state index contributed by atoms with van der Waals surface area (Å²) in [6.45, 7) is 0. The van der Waals surface area contributed by atoms with Crippen LogP contribution in [0.4, 0.5) is 5.69 Å². The van der Waals surface area contributed by atoms with Crippen LogP contribution in [0, 0.1) is 0 Å². The first kappa shape index (κ1) is 13.9. The second-order valence-electron chi connectivity index (χ2n) is 4.10. The molecule has 2 rings (SSSR count). The van der Waals surface area contributed by atoms with Crippen molar-refractivity contribution in [1.82, 2.24) is 0 Å². The average molecular weight is 294 g/mol. The lowest BCUT2D eigenvalue weighted by atomic mass is 10.0. The normalized spacial score (nSPS) is 10.3. The summed E-state index contributed by atoms with van der Waals surface area (Å²) in [5.74, 6) is -0.0139. The van der Waals surface area contributed by atoms with E-state index in [9.17, 15) is 4.79 Å². The first-order valence-electron chi connectivity index (χ1n) is 5.86. The van der Waals surface area contributed by atoms with Crippen LogP contribution in [-0.2, 0) is 6.42 Å². The van der Waals surface area contributed by atoms with Crippen molar-refractivity contribution in [2.24, 2.45) is 0 Å². The lowest BCUT2D eigenvalue weighted by molar-refractivity contribution is 0.0994. The van der Waals surface area contributed by atoms with Gasteiger partial charge in [-0.05, 0) is 29.8 Å². The van der Waals surface area contributed by atoms with E-state index in [1.54, 1.807) is 31.3 Å². The number of benzene rings is 2. The summed E-state index contributed by atoms with van der Waals surface area (Å²) in [5, 5.41) is 4.04. The minimum Gasteiger partial charge on any atom is -0.388 e. The summed E-state index contributed by atoms with van der Waals surface area (Å²) < 4.78 is 0. The molecule has 0 aromatic heterocycles. The summed E-state index contributed by atoms with van der Waals surface area (Å²) >= 11 is 12.2. The van der Waals surface area contributed by atoms with Gasteiger partial charge in [0.05, 0.1) is 0 Å². The molecule has 2 aromatic carbocycles. The predicted octanol–water partition coefficient (Wildman–Crippen LogP) is 4.46. The Kier molecular flexibility index (Phi) is 4.46. The molecule has 0 bridgehead atoms. The van der Waals surface area contributed by atoms with Crippen LogP contribution in [0.1, 0.15) is 15.9 Å². The summed E-state index contributed by atoms with van der Waals surface area (Å²) in [7, 11) is 1.79. The highest BCUT2D eigenvalue weighted by Crippen LogP contribution is 2.26. The fourth-order valence-electron chi connectivity index (χ4n) is 1.90. The van der Waals surface area contributed by atoms with Gasteiger partial charge in [0.2, 0.25) is 0 Å². The molecule has 0 saturated heterocycles. The molecule has 0 atom stereocenters. The average Bonchev–Trinajstić information content (AvgIpc) is 2.42. The van der Waals surface area contributed by atoms with E-state index in [0.29, 0.717) is 21.2 Å².